The topological polar surface area (TPSA) is 52.9 Å². The third-order valence-corrected chi connectivity index (χ3v) is 3.95. The van der Waals surface area contributed by atoms with Crippen LogP contribution in [0.4, 0.5) is 0 Å². The number of fused-ring (bicyclic) bond motifs is 2. The second-order valence-corrected chi connectivity index (χ2v) is 5.48. The van der Waals surface area contributed by atoms with Crippen LogP contribution in [-0.4, -0.2) is 14.1 Å². The highest BCUT2D eigenvalue weighted by atomic mass is 16.3. The molecule has 5 aromatic rings. The molecule has 0 radical (unpaired) electrons. The normalized spacial score (nSPS) is 11.7. The lowest BCUT2D eigenvalue weighted by molar-refractivity contribution is -0.598. The average molecular weight is 304 g/mol. The molecule has 0 aliphatic carbocycles. The van der Waals surface area contributed by atoms with E-state index < -0.39 is 0 Å². The fraction of sp³-hybridized carbons (Fsp3) is 0.0588. The van der Waals surface area contributed by atoms with Gasteiger partial charge in [-0.25, -0.2) is 4.98 Å². The van der Waals surface area contributed by atoms with E-state index in [1.54, 1.807) is 25.1 Å². The van der Waals surface area contributed by atoms with E-state index in [0.29, 0.717) is 0 Å². The van der Waals surface area contributed by atoms with Crippen molar-refractivity contribution in [2.24, 2.45) is 7.05 Å². The number of furan rings is 2. The Labute approximate surface area is 130 Å². The van der Waals surface area contributed by atoms with Gasteiger partial charge in [-0.15, -0.1) is 0 Å². The van der Waals surface area contributed by atoms with Crippen molar-refractivity contribution in [1.29, 1.82) is 0 Å². The van der Waals surface area contributed by atoms with Crippen LogP contribution < -0.4 is 4.57 Å². The van der Waals surface area contributed by atoms with Gasteiger partial charge in [0.15, 0.2) is 0 Å². The summed E-state index contributed by atoms with van der Waals surface area (Å²) in [5.74, 6) is 0.744. The predicted molar refractivity (Wildman–Crippen MR) is 82.4 cm³/mol. The average Bonchev–Trinajstić information content (AvgIpc) is 3.30. The molecule has 0 amide bonds. The van der Waals surface area contributed by atoms with Gasteiger partial charge in [0.1, 0.15) is 24.5 Å². The van der Waals surface area contributed by atoms with Crippen LogP contribution in [0.15, 0.2) is 64.7 Å². The van der Waals surface area contributed by atoms with Crippen molar-refractivity contribution in [2.45, 2.75) is 0 Å². The number of imidazole rings is 2. The van der Waals surface area contributed by atoms with Crippen LogP contribution in [0, 0.1) is 6.20 Å². The lowest BCUT2D eigenvalue weighted by Crippen LogP contribution is -2.27. The summed E-state index contributed by atoms with van der Waals surface area (Å²) in [6.45, 7) is 0. The third kappa shape index (κ3) is 1.75. The van der Waals surface area contributed by atoms with E-state index in [1.165, 1.54) is 0 Å². The maximum atomic E-state index is 5.71. The maximum Gasteiger partial charge on any atom is 0.212 e. The van der Waals surface area contributed by atoms with Gasteiger partial charge in [-0.3, -0.25) is 4.57 Å². The largest absolute Gasteiger partial charge is 0.474 e. The number of nitrogens with zero attached hydrogens (tertiary/aromatic N) is 4. The van der Waals surface area contributed by atoms with Gasteiger partial charge < -0.3 is 18.0 Å². The van der Waals surface area contributed by atoms with E-state index in [-0.39, 0.29) is 0 Å². The van der Waals surface area contributed by atoms with E-state index in [4.69, 9.17) is 8.83 Å². The van der Waals surface area contributed by atoms with E-state index >= 15 is 0 Å². The van der Waals surface area contributed by atoms with Gasteiger partial charge in [-0.2, -0.15) is 0 Å². The second-order valence-electron chi connectivity index (χ2n) is 5.48. The van der Waals surface area contributed by atoms with Crippen LogP contribution in [0.5, 0.6) is 0 Å². The smallest absolute Gasteiger partial charge is 0.212 e. The molecule has 4 aromatic heterocycles. The molecule has 0 bridgehead atoms. The first kappa shape index (κ1) is 12.3. The van der Waals surface area contributed by atoms with E-state index in [2.05, 4.69) is 17.2 Å². The van der Waals surface area contributed by atoms with Crippen LogP contribution in [0.2, 0.25) is 0 Å². The minimum atomic E-state index is 0.744. The van der Waals surface area contributed by atoms with Crippen LogP contribution >= 0.6 is 0 Å². The van der Waals surface area contributed by atoms with Crippen molar-refractivity contribution in [3.05, 3.63) is 62.1 Å². The zero-order valence-electron chi connectivity index (χ0n) is 12.3. The molecule has 0 fully saturated rings. The highest BCUT2D eigenvalue weighted by Gasteiger charge is 2.13. The van der Waals surface area contributed by atoms with Gasteiger partial charge in [0.05, 0.1) is 31.4 Å². The fourth-order valence-electron chi connectivity index (χ4n) is 2.84. The Morgan fingerprint density at radius 1 is 1.17 bits per heavy atom. The molecule has 0 unspecified atom stereocenters. The highest BCUT2D eigenvalue weighted by molar-refractivity contribution is 6.01. The minimum absolute atomic E-state index is 0.744. The van der Waals surface area contributed by atoms with Gasteiger partial charge >= 0.3 is 0 Å². The summed E-state index contributed by atoms with van der Waals surface area (Å²) in [5.41, 5.74) is 1.76. The summed E-state index contributed by atoms with van der Waals surface area (Å²) in [5, 5.41) is 3.01. The van der Waals surface area contributed by atoms with Crippen molar-refractivity contribution in [3.63, 3.8) is 0 Å². The van der Waals surface area contributed by atoms with Gasteiger partial charge in [-0.1, -0.05) is 0 Å². The number of aromatic nitrogens is 4. The standard InChI is InChI=1S/C17H12N4O2/c1-19-4-5-21(11-19)15-9-22-16-6-12-8-23-17(13(12)7-14(15)16)20-3-2-18-10-20/h2-4,6-11H,1H3. The molecular formula is C17H12N4O2. The lowest BCUT2D eigenvalue weighted by atomic mass is 10.1. The molecule has 6 heteroatoms. The van der Waals surface area contributed by atoms with Crippen molar-refractivity contribution in [1.82, 2.24) is 14.1 Å². The number of rotatable bonds is 2. The summed E-state index contributed by atoms with van der Waals surface area (Å²) >= 11 is 0. The molecule has 23 heavy (non-hydrogen) atoms. The molecule has 0 saturated carbocycles. The van der Waals surface area contributed by atoms with Crippen molar-refractivity contribution >= 4 is 21.7 Å². The summed E-state index contributed by atoms with van der Waals surface area (Å²) in [7, 11) is 1.96. The van der Waals surface area contributed by atoms with Gasteiger partial charge in [0.25, 0.3) is 0 Å². The summed E-state index contributed by atoms with van der Waals surface area (Å²) in [6.07, 6.45) is 15.8. The van der Waals surface area contributed by atoms with Crippen molar-refractivity contribution in [3.8, 4) is 11.6 Å². The van der Waals surface area contributed by atoms with Crippen LogP contribution in [0.3, 0.4) is 0 Å². The van der Waals surface area contributed by atoms with Gasteiger partial charge in [0.2, 0.25) is 5.88 Å². The van der Waals surface area contributed by atoms with E-state index in [9.17, 15) is 0 Å². The zero-order valence-corrected chi connectivity index (χ0v) is 12.3. The third-order valence-electron chi connectivity index (χ3n) is 3.95. The minimum Gasteiger partial charge on any atom is -0.474 e. The predicted octanol–water partition coefficient (Wildman–Crippen LogP) is 2.78. The van der Waals surface area contributed by atoms with E-state index in [1.807, 2.05) is 45.5 Å². The molecule has 0 aliphatic heterocycles. The Bertz CT molecular complexity index is 1130. The molecule has 6 nitrogen and oxygen atoms in total. The first-order chi connectivity index (χ1) is 11.3. The molecule has 4 heterocycles. The number of hydrogen-bond donors (Lipinski definition) is 0. The monoisotopic (exact) mass is 304 g/mol. The quantitative estimate of drug-likeness (QED) is 0.372. The Kier molecular flexibility index (Phi) is 2.33. The first-order valence-corrected chi connectivity index (χ1v) is 7.16. The maximum absolute atomic E-state index is 5.71. The first-order valence-electron chi connectivity index (χ1n) is 7.16. The van der Waals surface area contributed by atoms with Crippen LogP contribution in [-0.2, 0) is 7.05 Å². The number of hydrogen-bond acceptors (Lipinski definition) is 3. The molecule has 0 saturated heterocycles. The Morgan fingerprint density at radius 2 is 2.13 bits per heavy atom. The molecule has 5 rings (SSSR count). The number of benzene rings is 1. The van der Waals surface area contributed by atoms with Crippen molar-refractivity contribution in [2.75, 3.05) is 0 Å². The Balaban J connectivity index is 1.80. The molecule has 112 valence electrons. The molecule has 1 aromatic carbocycles. The second kappa shape index (κ2) is 4.36. The fourth-order valence-corrected chi connectivity index (χ4v) is 2.84. The summed E-state index contributed by atoms with van der Waals surface area (Å²) < 4.78 is 17.1. The molecule has 0 N–H and O–H groups in total. The lowest BCUT2D eigenvalue weighted by Gasteiger charge is -2.02. The van der Waals surface area contributed by atoms with Gasteiger partial charge in [0, 0.05) is 28.6 Å². The molecule has 0 aliphatic rings. The van der Waals surface area contributed by atoms with Gasteiger partial charge in [-0.05, 0) is 12.1 Å². The highest BCUT2D eigenvalue weighted by Crippen LogP contribution is 2.31. The van der Waals surface area contributed by atoms with Crippen LogP contribution in [0.25, 0.3) is 33.3 Å². The Morgan fingerprint density at radius 3 is 2.91 bits per heavy atom. The van der Waals surface area contributed by atoms with E-state index in [0.717, 1.165) is 33.3 Å². The number of aryl methyl sites for hydroxylation is 1. The van der Waals surface area contributed by atoms with Crippen molar-refractivity contribution < 1.29 is 13.4 Å². The summed E-state index contributed by atoms with van der Waals surface area (Å²) in [4.78, 5) is 4.08. The molecular weight excluding hydrogens is 292 g/mol. The molecule has 0 atom stereocenters. The Hall–Kier alpha value is -3.28. The zero-order chi connectivity index (χ0) is 15.4. The molecule has 0 spiro atoms. The SMILES string of the molecule is Cn1c[c-][n+](-c2coc3cc4coc(-n5ccnc5)c4cc23)c1. The van der Waals surface area contributed by atoms with Crippen LogP contribution in [0.1, 0.15) is 0 Å². The summed E-state index contributed by atoms with van der Waals surface area (Å²) in [6, 6.07) is 4.07.